The number of ether oxygens (including phenoxy) is 1. The molecule has 1 N–H and O–H groups in total. The predicted octanol–water partition coefficient (Wildman–Crippen LogP) is 2.96. The van der Waals surface area contributed by atoms with Crippen LogP contribution in [0.2, 0.25) is 0 Å². The van der Waals surface area contributed by atoms with Crippen LogP contribution in [0.25, 0.3) is 11.5 Å². The van der Waals surface area contributed by atoms with E-state index in [1.54, 1.807) is 6.07 Å². The molecule has 0 aliphatic carbocycles. The zero-order valence-corrected chi connectivity index (χ0v) is 14.4. The summed E-state index contributed by atoms with van der Waals surface area (Å²) in [4.78, 5) is 14.7. The summed E-state index contributed by atoms with van der Waals surface area (Å²) in [5.74, 6) is -1.05. The molecule has 0 atom stereocenters. The Morgan fingerprint density at radius 2 is 1.89 bits per heavy atom. The lowest BCUT2D eigenvalue weighted by Crippen LogP contribution is -2.36. The van der Waals surface area contributed by atoms with Crippen LogP contribution in [0.3, 0.4) is 0 Å². The van der Waals surface area contributed by atoms with Crippen molar-refractivity contribution in [1.29, 1.82) is 0 Å². The Labute approximate surface area is 154 Å². The van der Waals surface area contributed by atoms with E-state index in [2.05, 4.69) is 20.4 Å². The van der Waals surface area contributed by atoms with Crippen molar-refractivity contribution in [2.75, 3.05) is 36.5 Å². The van der Waals surface area contributed by atoms with E-state index in [0.717, 1.165) is 18.8 Å². The molecule has 0 spiro atoms. The number of amides is 1. The molecule has 8 heteroatoms. The first-order chi connectivity index (χ1) is 13.2. The van der Waals surface area contributed by atoms with Gasteiger partial charge in [-0.2, -0.15) is 0 Å². The van der Waals surface area contributed by atoms with Gasteiger partial charge in [0.05, 0.1) is 24.6 Å². The van der Waals surface area contributed by atoms with Crippen LogP contribution >= 0.6 is 0 Å². The number of hydrogen-bond donors (Lipinski definition) is 1. The molecule has 1 aliphatic rings. The van der Waals surface area contributed by atoms with Crippen molar-refractivity contribution in [2.24, 2.45) is 0 Å². The van der Waals surface area contributed by atoms with Crippen LogP contribution in [-0.4, -0.2) is 42.4 Å². The van der Waals surface area contributed by atoms with Gasteiger partial charge in [-0.15, -0.1) is 10.2 Å². The van der Waals surface area contributed by atoms with Gasteiger partial charge in [-0.05, 0) is 30.3 Å². The van der Waals surface area contributed by atoms with E-state index in [9.17, 15) is 9.18 Å². The predicted molar refractivity (Wildman–Crippen MR) is 97.1 cm³/mol. The molecule has 1 aromatic heterocycles. The van der Waals surface area contributed by atoms with Gasteiger partial charge < -0.3 is 19.4 Å². The van der Waals surface area contributed by atoms with Crippen LogP contribution in [0, 0.1) is 5.82 Å². The average molecular weight is 368 g/mol. The van der Waals surface area contributed by atoms with Crippen molar-refractivity contribution in [3.63, 3.8) is 0 Å². The molecule has 3 aromatic rings. The fraction of sp³-hybridized carbons (Fsp3) is 0.211. The van der Waals surface area contributed by atoms with Gasteiger partial charge in [0.25, 0.3) is 0 Å². The highest BCUT2D eigenvalue weighted by atomic mass is 19.1. The largest absolute Gasteiger partial charge is 0.412 e. The number of carbonyl (C=O) groups is 1. The van der Waals surface area contributed by atoms with Crippen molar-refractivity contribution >= 4 is 17.3 Å². The number of aromatic nitrogens is 2. The van der Waals surface area contributed by atoms with Gasteiger partial charge in [0.1, 0.15) is 5.82 Å². The van der Waals surface area contributed by atoms with Crippen molar-refractivity contribution in [2.45, 2.75) is 0 Å². The zero-order chi connectivity index (χ0) is 18.6. The topological polar surface area (TPSA) is 80.5 Å². The Kier molecular flexibility index (Phi) is 4.80. The lowest BCUT2D eigenvalue weighted by Gasteiger charge is -2.30. The molecular weight excluding hydrogens is 351 g/mol. The molecule has 27 heavy (non-hydrogen) atoms. The Balaban J connectivity index is 1.53. The maximum atomic E-state index is 13.3. The fourth-order valence-electron chi connectivity index (χ4n) is 2.89. The highest BCUT2D eigenvalue weighted by Gasteiger charge is 2.20. The van der Waals surface area contributed by atoms with Crippen molar-refractivity contribution in [3.8, 4) is 11.5 Å². The minimum absolute atomic E-state index is 0.0844. The van der Waals surface area contributed by atoms with Crippen LogP contribution in [0.1, 0.15) is 10.7 Å². The number of carbonyl (C=O) groups excluding carboxylic acids is 1. The number of benzene rings is 2. The van der Waals surface area contributed by atoms with E-state index in [-0.39, 0.29) is 11.8 Å². The number of morpholine rings is 1. The van der Waals surface area contributed by atoms with Gasteiger partial charge in [-0.3, -0.25) is 4.79 Å². The summed E-state index contributed by atoms with van der Waals surface area (Å²) in [6.07, 6.45) is 0. The molecule has 0 unspecified atom stereocenters. The second-order valence-corrected chi connectivity index (χ2v) is 5.99. The first-order valence-electron chi connectivity index (χ1n) is 8.53. The number of halogens is 1. The smallest absolute Gasteiger partial charge is 0.313 e. The molecule has 1 aliphatic heterocycles. The zero-order valence-electron chi connectivity index (χ0n) is 14.4. The van der Waals surface area contributed by atoms with Crippen LogP contribution in [0.4, 0.5) is 15.8 Å². The van der Waals surface area contributed by atoms with Gasteiger partial charge in [-0.25, -0.2) is 4.39 Å². The molecule has 1 fully saturated rings. The third-order valence-corrected chi connectivity index (χ3v) is 4.19. The molecule has 0 bridgehead atoms. The third kappa shape index (κ3) is 3.80. The molecule has 7 nitrogen and oxygen atoms in total. The summed E-state index contributed by atoms with van der Waals surface area (Å²) < 4.78 is 24.1. The van der Waals surface area contributed by atoms with E-state index in [1.165, 1.54) is 18.2 Å². The van der Waals surface area contributed by atoms with Crippen molar-refractivity contribution in [1.82, 2.24) is 10.2 Å². The van der Waals surface area contributed by atoms with Crippen molar-refractivity contribution in [3.05, 3.63) is 60.2 Å². The maximum absolute atomic E-state index is 13.3. The van der Waals surface area contributed by atoms with E-state index in [0.29, 0.717) is 24.5 Å². The van der Waals surface area contributed by atoms with Crippen LogP contribution in [0.15, 0.2) is 52.9 Å². The number of rotatable bonds is 4. The summed E-state index contributed by atoms with van der Waals surface area (Å²) in [6.45, 7) is 2.78. The highest BCUT2D eigenvalue weighted by Crippen LogP contribution is 2.27. The van der Waals surface area contributed by atoms with Gasteiger partial charge in [-0.1, -0.05) is 18.2 Å². The van der Waals surface area contributed by atoms with Gasteiger partial charge >= 0.3 is 11.8 Å². The van der Waals surface area contributed by atoms with E-state index < -0.39 is 11.7 Å². The summed E-state index contributed by atoms with van der Waals surface area (Å²) in [6, 6.07) is 13.2. The third-order valence-electron chi connectivity index (χ3n) is 4.19. The van der Waals surface area contributed by atoms with Crippen molar-refractivity contribution < 1.29 is 18.3 Å². The molecule has 138 valence electrons. The number of nitrogens with one attached hydrogen (secondary N) is 1. The summed E-state index contributed by atoms with van der Waals surface area (Å²) in [5, 5.41) is 10.4. The Morgan fingerprint density at radius 1 is 1.07 bits per heavy atom. The quantitative estimate of drug-likeness (QED) is 0.763. The maximum Gasteiger partial charge on any atom is 0.313 e. The first kappa shape index (κ1) is 17.2. The molecular formula is C19H17FN4O3. The number of anilines is 2. The summed E-state index contributed by atoms with van der Waals surface area (Å²) in [5.41, 5.74) is 1.96. The molecule has 0 radical (unpaired) electrons. The molecule has 2 heterocycles. The summed E-state index contributed by atoms with van der Waals surface area (Å²) in [7, 11) is 0. The number of para-hydroxylation sites is 2. The van der Waals surface area contributed by atoms with E-state index in [4.69, 9.17) is 9.15 Å². The van der Waals surface area contributed by atoms with Crippen LogP contribution in [0.5, 0.6) is 0 Å². The van der Waals surface area contributed by atoms with Gasteiger partial charge in [0.15, 0.2) is 0 Å². The van der Waals surface area contributed by atoms with E-state index in [1.807, 2.05) is 24.3 Å². The molecule has 1 saturated heterocycles. The van der Waals surface area contributed by atoms with Crippen LogP contribution < -0.4 is 10.2 Å². The number of hydrogen-bond acceptors (Lipinski definition) is 6. The van der Waals surface area contributed by atoms with E-state index >= 15 is 0 Å². The standard InChI is InChI=1S/C19H17FN4O3/c20-14-5-3-4-13(12-14)18-22-23-19(27-18)17(25)21-15-6-1-2-7-16(15)24-8-10-26-11-9-24/h1-7,12H,8-11H2,(H,21,25). The Hall–Kier alpha value is -3.26. The lowest BCUT2D eigenvalue weighted by molar-refractivity contribution is 0.0991. The highest BCUT2D eigenvalue weighted by molar-refractivity contribution is 6.03. The second-order valence-electron chi connectivity index (χ2n) is 5.99. The molecule has 0 saturated carbocycles. The molecule has 1 amide bonds. The Bertz CT molecular complexity index is 953. The second kappa shape index (κ2) is 7.55. The Morgan fingerprint density at radius 3 is 2.70 bits per heavy atom. The first-order valence-corrected chi connectivity index (χ1v) is 8.53. The average Bonchev–Trinajstić information content (AvgIpc) is 3.20. The molecule has 4 rings (SSSR count). The monoisotopic (exact) mass is 368 g/mol. The van der Waals surface area contributed by atoms with Gasteiger partial charge in [0.2, 0.25) is 5.89 Å². The SMILES string of the molecule is O=C(Nc1ccccc1N1CCOCC1)c1nnc(-c2cccc(F)c2)o1. The van der Waals surface area contributed by atoms with Crippen LogP contribution in [-0.2, 0) is 4.74 Å². The van der Waals surface area contributed by atoms with Gasteiger partial charge in [0, 0.05) is 18.7 Å². The fourth-order valence-corrected chi connectivity index (χ4v) is 2.89. The summed E-state index contributed by atoms with van der Waals surface area (Å²) >= 11 is 0. The minimum Gasteiger partial charge on any atom is -0.412 e. The minimum atomic E-state index is -0.522. The molecule has 2 aromatic carbocycles. The normalized spacial score (nSPS) is 14.2. The lowest BCUT2D eigenvalue weighted by atomic mass is 10.2. The number of nitrogens with zero attached hydrogens (tertiary/aromatic N) is 3.